The van der Waals surface area contributed by atoms with E-state index in [1.165, 1.54) is 25.7 Å². The second-order valence-corrected chi connectivity index (χ2v) is 5.65. The Kier molecular flexibility index (Phi) is 3.35. The zero-order valence-electron chi connectivity index (χ0n) is 11.0. The highest BCUT2D eigenvalue weighted by Gasteiger charge is 2.42. The molecule has 0 bridgehead atoms. The summed E-state index contributed by atoms with van der Waals surface area (Å²) in [7, 11) is 2.01. The molecule has 2 unspecified atom stereocenters. The van der Waals surface area contributed by atoms with E-state index in [1.54, 1.807) is 0 Å². The maximum Gasteiger partial charge on any atom is 0.0996 e. The van der Waals surface area contributed by atoms with Crippen LogP contribution >= 0.6 is 0 Å². The molecule has 1 aliphatic carbocycles. The van der Waals surface area contributed by atoms with Crippen molar-refractivity contribution in [1.82, 2.24) is 20.7 Å². The van der Waals surface area contributed by atoms with Crippen LogP contribution < -0.4 is 5.32 Å². The van der Waals surface area contributed by atoms with Gasteiger partial charge in [0.2, 0.25) is 0 Å². The molecule has 2 N–H and O–H groups in total. The Morgan fingerprint density at radius 2 is 2.33 bits per heavy atom. The molecule has 0 amide bonds. The number of hydrogen-bond donors (Lipinski definition) is 2. The number of hydrogen-bond acceptors (Lipinski definition) is 4. The van der Waals surface area contributed by atoms with Crippen LogP contribution in [0.3, 0.4) is 0 Å². The van der Waals surface area contributed by atoms with Gasteiger partial charge in [0.1, 0.15) is 0 Å². The van der Waals surface area contributed by atoms with Crippen LogP contribution in [0.15, 0.2) is 6.20 Å². The van der Waals surface area contributed by atoms with Gasteiger partial charge in [0.05, 0.1) is 23.5 Å². The molecule has 100 valence electrons. The van der Waals surface area contributed by atoms with E-state index in [2.05, 4.69) is 20.7 Å². The standard InChI is InChI=1S/C13H22N4O/c1-14-12(11-9-15-17-16-11)10-4-7-18-13(8-10)5-2-3-6-13/h9-10,12,14H,2-8H2,1H3,(H,15,16,17). The Labute approximate surface area is 108 Å². The van der Waals surface area contributed by atoms with Crippen LogP contribution in [0.2, 0.25) is 0 Å². The van der Waals surface area contributed by atoms with Crippen molar-refractivity contribution >= 4 is 0 Å². The Balaban J connectivity index is 1.74. The van der Waals surface area contributed by atoms with Gasteiger partial charge in [-0.25, -0.2) is 0 Å². The van der Waals surface area contributed by atoms with Crippen molar-refractivity contribution in [2.45, 2.75) is 50.2 Å². The van der Waals surface area contributed by atoms with Crippen molar-refractivity contribution in [2.24, 2.45) is 5.92 Å². The first-order valence-corrected chi connectivity index (χ1v) is 7.00. The normalized spacial score (nSPS) is 28.6. The zero-order valence-corrected chi connectivity index (χ0v) is 11.0. The van der Waals surface area contributed by atoms with Crippen molar-refractivity contribution in [3.8, 4) is 0 Å². The fourth-order valence-electron chi connectivity index (χ4n) is 3.70. The van der Waals surface area contributed by atoms with Gasteiger partial charge in [-0.15, -0.1) is 0 Å². The van der Waals surface area contributed by atoms with Crippen molar-refractivity contribution in [3.63, 3.8) is 0 Å². The summed E-state index contributed by atoms with van der Waals surface area (Å²) in [5.41, 5.74) is 1.19. The molecule has 2 heterocycles. The summed E-state index contributed by atoms with van der Waals surface area (Å²) in [6.45, 7) is 0.890. The SMILES string of the molecule is CNC(c1cn[nH]n1)C1CCOC2(CCCC2)C1. The predicted molar refractivity (Wildman–Crippen MR) is 68.1 cm³/mol. The lowest BCUT2D eigenvalue weighted by Crippen LogP contribution is -2.41. The summed E-state index contributed by atoms with van der Waals surface area (Å²) in [6.07, 6.45) is 9.21. The molecule has 1 saturated carbocycles. The second kappa shape index (κ2) is 4.97. The molecule has 0 radical (unpaired) electrons. The minimum Gasteiger partial charge on any atom is -0.375 e. The largest absolute Gasteiger partial charge is 0.375 e. The van der Waals surface area contributed by atoms with Crippen molar-refractivity contribution in [3.05, 3.63) is 11.9 Å². The predicted octanol–water partition coefficient (Wildman–Crippen LogP) is 1.80. The maximum atomic E-state index is 6.10. The first-order chi connectivity index (χ1) is 8.83. The quantitative estimate of drug-likeness (QED) is 0.858. The van der Waals surface area contributed by atoms with Crippen molar-refractivity contribution < 1.29 is 4.74 Å². The van der Waals surface area contributed by atoms with Gasteiger partial charge in [0.15, 0.2) is 0 Å². The number of rotatable bonds is 3. The summed E-state index contributed by atoms with van der Waals surface area (Å²) in [6, 6.07) is 0.296. The van der Waals surface area contributed by atoms with E-state index in [4.69, 9.17) is 4.74 Å². The first-order valence-electron chi connectivity index (χ1n) is 7.00. The lowest BCUT2D eigenvalue weighted by molar-refractivity contribution is -0.0980. The fraction of sp³-hybridized carbons (Fsp3) is 0.846. The number of H-pyrrole nitrogens is 1. The molecule has 5 nitrogen and oxygen atoms in total. The van der Waals surface area contributed by atoms with Crippen LogP contribution in [0.25, 0.3) is 0 Å². The average molecular weight is 250 g/mol. The van der Waals surface area contributed by atoms with Crippen LogP contribution in [0, 0.1) is 5.92 Å². The molecule has 5 heteroatoms. The second-order valence-electron chi connectivity index (χ2n) is 5.65. The van der Waals surface area contributed by atoms with Crippen LogP contribution in [-0.4, -0.2) is 34.7 Å². The Bertz CT molecular complexity index is 372. The molecule has 0 aromatic carbocycles. The summed E-state index contributed by atoms with van der Waals surface area (Å²) in [5, 5.41) is 14.3. The van der Waals surface area contributed by atoms with E-state index in [1.807, 2.05) is 13.2 Å². The molecule has 1 aliphatic heterocycles. The van der Waals surface area contributed by atoms with Gasteiger partial charge in [0, 0.05) is 6.61 Å². The van der Waals surface area contributed by atoms with Gasteiger partial charge in [-0.05, 0) is 38.6 Å². The van der Waals surface area contributed by atoms with Crippen LogP contribution in [0.5, 0.6) is 0 Å². The van der Waals surface area contributed by atoms with Gasteiger partial charge >= 0.3 is 0 Å². The molecule has 1 saturated heterocycles. The number of nitrogens with one attached hydrogen (secondary N) is 2. The number of aromatic nitrogens is 3. The van der Waals surface area contributed by atoms with E-state index in [0.29, 0.717) is 12.0 Å². The molecule has 1 aromatic heterocycles. The Morgan fingerprint density at radius 1 is 1.50 bits per heavy atom. The van der Waals surface area contributed by atoms with Gasteiger partial charge < -0.3 is 10.1 Å². The van der Waals surface area contributed by atoms with Crippen LogP contribution in [0.1, 0.15) is 50.3 Å². The molecule has 3 rings (SSSR count). The lowest BCUT2D eigenvalue weighted by Gasteiger charge is -2.40. The minimum atomic E-state index is 0.168. The summed E-state index contributed by atoms with van der Waals surface area (Å²) in [4.78, 5) is 0. The zero-order chi connectivity index (χ0) is 12.4. The van der Waals surface area contributed by atoms with Crippen LogP contribution in [-0.2, 0) is 4.74 Å². The van der Waals surface area contributed by atoms with E-state index in [-0.39, 0.29) is 5.60 Å². The molecular weight excluding hydrogens is 228 g/mol. The van der Waals surface area contributed by atoms with E-state index >= 15 is 0 Å². The minimum absolute atomic E-state index is 0.168. The number of aromatic amines is 1. The first kappa shape index (κ1) is 12.1. The summed E-state index contributed by atoms with van der Waals surface area (Å²) >= 11 is 0. The number of ether oxygens (including phenoxy) is 1. The van der Waals surface area contributed by atoms with E-state index < -0.39 is 0 Å². The van der Waals surface area contributed by atoms with Crippen molar-refractivity contribution in [2.75, 3.05) is 13.7 Å². The molecular formula is C13H22N4O. The van der Waals surface area contributed by atoms with E-state index in [9.17, 15) is 0 Å². The highest BCUT2D eigenvalue weighted by Crippen LogP contribution is 2.44. The molecule has 2 fully saturated rings. The Morgan fingerprint density at radius 3 is 3.00 bits per heavy atom. The average Bonchev–Trinajstić information content (AvgIpc) is 3.03. The lowest BCUT2D eigenvalue weighted by atomic mass is 9.80. The third kappa shape index (κ3) is 2.17. The van der Waals surface area contributed by atoms with Gasteiger partial charge in [0.25, 0.3) is 0 Å². The third-order valence-corrected chi connectivity index (χ3v) is 4.58. The van der Waals surface area contributed by atoms with Crippen LogP contribution in [0.4, 0.5) is 0 Å². The summed E-state index contributed by atoms with van der Waals surface area (Å²) in [5.74, 6) is 0.604. The molecule has 18 heavy (non-hydrogen) atoms. The fourth-order valence-corrected chi connectivity index (χ4v) is 3.70. The van der Waals surface area contributed by atoms with Crippen molar-refractivity contribution in [1.29, 1.82) is 0 Å². The monoisotopic (exact) mass is 250 g/mol. The highest BCUT2D eigenvalue weighted by molar-refractivity contribution is 5.04. The van der Waals surface area contributed by atoms with Gasteiger partial charge in [-0.3, -0.25) is 0 Å². The van der Waals surface area contributed by atoms with Gasteiger partial charge in [-0.1, -0.05) is 12.8 Å². The topological polar surface area (TPSA) is 62.8 Å². The molecule has 1 spiro atoms. The van der Waals surface area contributed by atoms with Gasteiger partial charge in [-0.2, -0.15) is 15.4 Å². The molecule has 2 aliphatic rings. The maximum absolute atomic E-state index is 6.10. The summed E-state index contributed by atoms with van der Waals surface area (Å²) < 4.78 is 6.10. The smallest absolute Gasteiger partial charge is 0.0996 e. The molecule has 1 aromatic rings. The van der Waals surface area contributed by atoms with E-state index in [0.717, 1.165) is 25.1 Å². The highest BCUT2D eigenvalue weighted by atomic mass is 16.5. The number of nitrogens with zero attached hydrogens (tertiary/aromatic N) is 2. The molecule has 2 atom stereocenters. The Hall–Kier alpha value is -0.940. The third-order valence-electron chi connectivity index (χ3n) is 4.58.